The number of rotatable bonds is 9. The quantitative estimate of drug-likeness (QED) is 0.250. The number of aromatic hydroxyl groups is 1. The molecule has 184 valence electrons. The minimum atomic E-state index is -0.614. The maximum Gasteiger partial charge on any atom is 0.193 e. The Kier molecular flexibility index (Phi) is 7.30. The zero-order chi connectivity index (χ0) is 25.7. The molecular formula is C31H30O5. The molecule has 36 heavy (non-hydrogen) atoms. The molecule has 0 atom stereocenters. The summed E-state index contributed by atoms with van der Waals surface area (Å²) in [5, 5.41) is 9.46. The van der Waals surface area contributed by atoms with E-state index in [-0.39, 0.29) is 17.6 Å². The highest BCUT2D eigenvalue weighted by molar-refractivity contribution is 6.09. The van der Waals surface area contributed by atoms with Gasteiger partial charge >= 0.3 is 0 Å². The van der Waals surface area contributed by atoms with Crippen LogP contribution in [-0.4, -0.2) is 17.0 Å². The summed E-state index contributed by atoms with van der Waals surface area (Å²) in [5.74, 6) is 2.90. The summed E-state index contributed by atoms with van der Waals surface area (Å²) < 4.78 is 17.6. The van der Waals surface area contributed by atoms with Crippen molar-refractivity contribution in [3.8, 4) is 28.7 Å². The zero-order valence-electron chi connectivity index (χ0n) is 20.9. The number of benzene rings is 4. The number of carbonyl (C=O) groups is 1. The fourth-order valence-corrected chi connectivity index (χ4v) is 3.73. The molecule has 0 bridgehead atoms. The SMILES string of the molecule is CC(C)Oc1ccc(Oc2ccc(C(=O)c3ccc(C(C)(C)Oc4ccc(O)cc4)cc3)cc2)cc1. The topological polar surface area (TPSA) is 65.0 Å². The van der Waals surface area contributed by atoms with Gasteiger partial charge < -0.3 is 19.3 Å². The van der Waals surface area contributed by atoms with Crippen molar-refractivity contribution in [2.24, 2.45) is 0 Å². The third-order valence-corrected chi connectivity index (χ3v) is 5.60. The van der Waals surface area contributed by atoms with Crippen LogP contribution < -0.4 is 14.2 Å². The summed E-state index contributed by atoms with van der Waals surface area (Å²) in [5.41, 5.74) is 1.49. The van der Waals surface area contributed by atoms with Crippen LogP contribution in [0.25, 0.3) is 0 Å². The van der Waals surface area contributed by atoms with Gasteiger partial charge in [0.15, 0.2) is 5.78 Å². The first-order valence-corrected chi connectivity index (χ1v) is 11.9. The van der Waals surface area contributed by atoms with E-state index in [9.17, 15) is 9.90 Å². The van der Waals surface area contributed by atoms with Gasteiger partial charge in [-0.15, -0.1) is 0 Å². The van der Waals surface area contributed by atoms with E-state index in [1.807, 2.05) is 76.2 Å². The monoisotopic (exact) mass is 482 g/mol. The highest BCUT2D eigenvalue weighted by Crippen LogP contribution is 2.30. The fourth-order valence-electron chi connectivity index (χ4n) is 3.73. The van der Waals surface area contributed by atoms with E-state index in [4.69, 9.17) is 14.2 Å². The summed E-state index contributed by atoms with van der Waals surface area (Å²) in [6, 6.07) is 28.6. The van der Waals surface area contributed by atoms with Crippen LogP contribution in [0.5, 0.6) is 28.7 Å². The molecule has 5 heteroatoms. The predicted octanol–water partition coefficient (Wildman–Crippen LogP) is 7.52. The standard InChI is InChI=1S/C31H30O5/c1-21(2)34-26-17-19-28(20-18-26)35-27-13-7-23(8-14-27)30(33)22-5-9-24(10-6-22)31(3,4)36-29-15-11-25(32)12-16-29/h5-21,32H,1-4H3. The van der Waals surface area contributed by atoms with Gasteiger partial charge in [0.05, 0.1) is 6.10 Å². The van der Waals surface area contributed by atoms with Crippen LogP contribution in [0.1, 0.15) is 49.2 Å². The minimum Gasteiger partial charge on any atom is -0.508 e. The molecule has 0 aliphatic rings. The smallest absolute Gasteiger partial charge is 0.193 e. The molecule has 1 N–H and O–H groups in total. The van der Waals surface area contributed by atoms with E-state index in [1.54, 1.807) is 48.5 Å². The third-order valence-electron chi connectivity index (χ3n) is 5.60. The lowest BCUT2D eigenvalue weighted by molar-refractivity contribution is 0.103. The largest absolute Gasteiger partial charge is 0.508 e. The lowest BCUT2D eigenvalue weighted by Crippen LogP contribution is -2.25. The molecule has 5 nitrogen and oxygen atoms in total. The van der Waals surface area contributed by atoms with Crippen LogP contribution in [0.15, 0.2) is 97.1 Å². The van der Waals surface area contributed by atoms with Crippen molar-refractivity contribution in [1.29, 1.82) is 0 Å². The predicted molar refractivity (Wildman–Crippen MR) is 140 cm³/mol. The lowest BCUT2D eigenvalue weighted by atomic mass is 9.94. The molecule has 0 amide bonds. The van der Waals surface area contributed by atoms with Crippen LogP contribution in [0.2, 0.25) is 0 Å². The molecule has 0 unspecified atom stereocenters. The van der Waals surface area contributed by atoms with Crippen LogP contribution in [0, 0.1) is 0 Å². The van der Waals surface area contributed by atoms with Crippen molar-refractivity contribution < 1.29 is 24.1 Å². The van der Waals surface area contributed by atoms with Crippen LogP contribution >= 0.6 is 0 Å². The molecule has 0 fully saturated rings. The van der Waals surface area contributed by atoms with Gasteiger partial charge in [-0.2, -0.15) is 0 Å². The van der Waals surface area contributed by atoms with Crippen LogP contribution in [0.4, 0.5) is 0 Å². The molecule has 0 spiro atoms. The molecule has 0 saturated carbocycles. The average molecular weight is 483 g/mol. The second-order valence-corrected chi connectivity index (χ2v) is 9.28. The number of hydrogen-bond acceptors (Lipinski definition) is 5. The first kappa shape index (κ1) is 24.9. The second kappa shape index (κ2) is 10.6. The molecule has 4 aromatic carbocycles. The Morgan fingerprint density at radius 2 is 1.11 bits per heavy atom. The maximum absolute atomic E-state index is 13.0. The molecule has 4 aromatic rings. The van der Waals surface area contributed by atoms with Crippen molar-refractivity contribution in [3.63, 3.8) is 0 Å². The number of ether oxygens (including phenoxy) is 3. The zero-order valence-corrected chi connectivity index (χ0v) is 20.9. The maximum atomic E-state index is 13.0. The third kappa shape index (κ3) is 6.25. The Labute approximate surface area is 211 Å². The normalized spacial score (nSPS) is 11.2. The van der Waals surface area contributed by atoms with Gasteiger partial charge in [-0.3, -0.25) is 4.79 Å². The molecular weight excluding hydrogens is 452 g/mol. The molecule has 0 heterocycles. The van der Waals surface area contributed by atoms with Crippen molar-refractivity contribution in [3.05, 3.63) is 114 Å². The number of carbonyl (C=O) groups excluding carboxylic acids is 1. The molecule has 0 aromatic heterocycles. The highest BCUT2D eigenvalue weighted by atomic mass is 16.5. The number of phenols is 1. The minimum absolute atomic E-state index is 0.0689. The van der Waals surface area contributed by atoms with E-state index in [0.717, 1.165) is 11.3 Å². The summed E-state index contributed by atoms with van der Waals surface area (Å²) >= 11 is 0. The van der Waals surface area contributed by atoms with Gasteiger partial charge in [0.2, 0.25) is 0 Å². The molecule has 0 radical (unpaired) electrons. The Balaban J connectivity index is 1.40. The van der Waals surface area contributed by atoms with Crippen LogP contribution in [-0.2, 0) is 5.60 Å². The van der Waals surface area contributed by atoms with E-state index >= 15 is 0 Å². The van der Waals surface area contributed by atoms with Crippen molar-refractivity contribution in [1.82, 2.24) is 0 Å². The first-order valence-electron chi connectivity index (χ1n) is 11.9. The van der Waals surface area contributed by atoms with E-state index in [1.165, 1.54) is 0 Å². The molecule has 0 aliphatic carbocycles. The average Bonchev–Trinajstić information content (AvgIpc) is 2.86. The Morgan fingerprint density at radius 3 is 1.64 bits per heavy atom. The fraction of sp³-hybridized carbons (Fsp3) is 0.194. The van der Waals surface area contributed by atoms with Gasteiger partial charge in [0, 0.05) is 11.1 Å². The van der Waals surface area contributed by atoms with Crippen LogP contribution in [0.3, 0.4) is 0 Å². The summed E-state index contributed by atoms with van der Waals surface area (Å²) in [4.78, 5) is 13.0. The molecule has 0 aliphatic heterocycles. The Bertz CT molecular complexity index is 1290. The second-order valence-electron chi connectivity index (χ2n) is 9.28. The van der Waals surface area contributed by atoms with Gasteiger partial charge in [-0.1, -0.05) is 24.3 Å². The van der Waals surface area contributed by atoms with E-state index < -0.39 is 5.60 Å². The summed E-state index contributed by atoms with van der Waals surface area (Å²) in [7, 11) is 0. The van der Waals surface area contributed by atoms with Crippen molar-refractivity contribution >= 4 is 5.78 Å². The highest BCUT2D eigenvalue weighted by Gasteiger charge is 2.23. The molecule has 4 rings (SSSR count). The van der Waals surface area contributed by atoms with Gasteiger partial charge in [-0.05, 0) is 106 Å². The molecule has 0 saturated heterocycles. The van der Waals surface area contributed by atoms with Crippen molar-refractivity contribution in [2.75, 3.05) is 0 Å². The van der Waals surface area contributed by atoms with E-state index in [0.29, 0.717) is 28.4 Å². The van der Waals surface area contributed by atoms with Gasteiger partial charge in [0.25, 0.3) is 0 Å². The number of ketones is 1. The Morgan fingerprint density at radius 1 is 0.667 bits per heavy atom. The van der Waals surface area contributed by atoms with Crippen molar-refractivity contribution in [2.45, 2.75) is 39.4 Å². The number of hydrogen-bond donors (Lipinski definition) is 1. The summed E-state index contributed by atoms with van der Waals surface area (Å²) in [6.07, 6.45) is 0.114. The first-order chi connectivity index (χ1) is 17.2. The summed E-state index contributed by atoms with van der Waals surface area (Å²) in [6.45, 7) is 7.88. The number of phenolic OH excluding ortho intramolecular Hbond substituents is 1. The van der Waals surface area contributed by atoms with Gasteiger partial charge in [-0.25, -0.2) is 0 Å². The van der Waals surface area contributed by atoms with Gasteiger partial charge in [0.1, 0.15) is 34.3 Å². The lowest BCUT2D eigenvalue weighted by Gasteiger charge is -2.27. The van der Waals surface area contributed by atoms with E-state index in [2.05, 4.69) is 0 Å². The Hall–Kier alpha value is -4.25.